The minimum atomic E-state index is -4.76. The van der Waals surface area contributed by atoms with E-state index >= 15 is 0 Å². The summed E-state index contributed by atoms with van der Waals surface area (Å²) in [6.07, 6.45) is -3.58. The van der Waals surface area contributed by atoms with E-state index in [1.807, 2.05) is 0 Å². The number of aromatic nitrogens is 3. The molecule has 0 saturated heterocycles. The van der Waals surface area contributed by atoms with Gasteiger partial charge in [-0.25, -0.2) is 8.42 Å². The number of alkyl halides is 3. The third-order valence-electron chi connectivity index (χ3n) is 4.71. The number of nitrogens with two attached hydrogens (primary N) is 2. The predicted octanol–water partition coefficient (Wildman–Crippen LogP) is 3.71. The third-order valence-corrected chi connectivity index (χ3v) is 7.28. The summed E-state index contributed by atoms with van der Waals surface area (Å²) in [6.45, 7) is 0. The van der Waals surface area contributed by atoms with Gasteiger partial charge in [-0.15, -0.1) is 5.10 Å². The van der Waals surface area contributed by atoms with Gasteiger partial charge in [0.25, 0.3) is 0 Å². The second-order valence-corrected chi connectivity index (χ2v) is 9.49. The van der Waals surface area contributed by atoms with Gasteiger partial charge in [0.2, 0.25) is 11.9 Å². The largest absolute Gasteiger partial charge is 0.417 e. The Bertz CT molecular complexity index is 1240. The maximum atomic E-state index is 13.8. The number of benzene rings is 2. The number of anilines is 2. The van der Waals surface area contributed by atoms with Crippen molar-refractivity contribution in [3.05, 3.63) is 47.0 Å². The van der Waals surface area contributed by atoms with E-state index in [1.54, 1.807) is 0 Å². The SMILES string of the molecule is Nc1nc(N)n(-c2cc(Cl)c(-c3ccc(S(=O)(=O)C4CC4)cc3)c(C(F)(F)F)c2)n1. The Morgan fingerprint density at radius 1 is 1.10 bits per heavy atom. The highest BCUT2D eigenvalue weighted by molar-refractivity contribution is 7.92. The van der Waals surface area contributed by atoms with E-state index in [0.29, 0.717) is 12.8 Å². The van der Waals surface area contributed by atoms with Crippen LogP contribution in [-0.4, -0.2) is 28.4 Å². The van der Waals surface area contributed by atoms with Gasteiger partial charge in [-0.1, -0.05) is 23.7 Å². The van der Waals surface area contributed by atoms with Crippen LogP contribution in [0.4, 0.5) is 25.1 Å². The summed E-state index contributed by atoms with van der Waals surface area (Å²) in [7, 11) is -3.46. The van der Waals surface area contributed by atoms with Crippen LogP contribution in [0.5, 0.6) is 0 Å². The van der Waals surface area contributed by atoms with Gasteiger partial charge in [-0.2, -0.15) is 22.8 Å². The highest BCUT2D eigenvalue weighted by Gasteiger charge is 2.38. The van der Waals surface area contributed by atoms with Gasteiger partial charge in [-0.05, 0) is 42.7 Å². The van der Waals surface area contributed by atoms with E-state index < -0.39 is 26.8 Å². The molecule has 1 saturated carbocycles. The lowest BCUT2D eigenvalue weighted by Gasteiger charge is -2.17. The third kappa shape index (κ3) is 3.58. The molecular formula is C18H15ClF3N5O2S. The van der Waals surface area contributed by atoms with Crippen molar-refractivity contribution in [2.45, 2.75) is 29.2 Å². The highest BCUT2D eigenvalue weighted by atomic mass is 35.5. The zero-order valence-corrected chi connectivity index (χ0v) is 16.8. The summed E-state index contributed by atoms with van der Waals surface area (Å²) >= 11 is 6.22. The van der Waals surface area contributed by atoms with Crippen LogP contribution < -0.4 is 11.5 Å². The molecule has 1 aliphatic rings. The van der Waals surface area contributed by atoms with Gasteiger partial charge in [-0.3, -0.25) is 0 Å². The molecule has 4 rings (SSSR count). The average molecular weight is 458 g/mol. The zero-order chi connectivity index (χ0) is 21.8. The number of halogens is 4. The fraction of sp³-hybridized carbons (Fsp3) is 0.222. The topological polar surface area (TPSA) is 117 Å². The van der Waals surface area contributed by atoms with Gasteiger partial charge in [0.15, 0.2) is 9.84 Å². The summed E-state index contributed by atoms with van der Waals surface area (Å²) in [5, 5.41) is 3.14. The summed E-state index contributed by atoms with van der Waals surface area (Å²) in [6, 6.07) is 7.30. The molecule has 30 heavy (non-hydrogen) atoms. The van der Waals surface area contributed by atoms with Gasteiger partial charge >= 0.3 is 6.18 Å². The standard InChI is InChI=1S/C18H15ClF3N5O2S/c19-14-8-10(27-17(24)25-16(23)26-27)7-13(18(20,21)22)15(14)9-1-3-11(4-2-9)30(28,29)12-5-6-12/h1-4,7-8,12H,5-6H2,(H4,23,24,25,26). The van der Waals surface area contributed by atoms with Crippen LogP contribution >= 0.6 is 11.6 Å². The molecule has 2 aromatic carbocycles. The van der Waals surface area contributed by atoms with E-state index in [0.717, 1.165) is 10.7 Å². The van der Waals surface area contributed by atoms with Crippen LogP contribution in [0.1, 0.15) is 18.4 Å². The van der Waals surface area contributed by atoms with Gasteiger partial charge < -0.3 is 11.5 Å². The first kappa shape index (κ1) is 20.5. The van der Waals surface area contributed by atoms with E-state index in [9.17, 15) is 21.6 Å². The molecule has 0 aliphatic heterocycles. The molecule has 0 radical (unpaired) electrons. The first-order chi connectivity index (χ1) is 14.0. The lowest BCUT2D eigenvalue weighted by atomic mass is 9.98. The molecule has 7 nitrogen and oxygen atoms in total. The Morgan fingerprint density at radius 2 is 1.73 bits per heavy atom. The Labute approximate surface area is 174 Å². The lowest BCUT2D eigenvalue weighted by Crippen LogP contribution is -2.11. The summed E-state index contributed by atoms with van der Waals surface area (Å²) in [4.78, 5) is 3.74. The molecule has 1 fully saturated rings. The molecule has 1 aliphatic carbocycles. The number of rotatable bonds is 4. The maximum absolute atomic E-state index is 13.8. The van der Waals surface area contributed by atoms with Gasteiger partial charge in [0, 0.05) is 5.56 Å². The van der Waals surface area contributed by atoms with Crippen LogP contribution in [0.15, 0.2) is 41.3 Å². The molecule has 12 heteroatoms. The number of nitrogen functional groups attached to an aromatic ring is 2. The quantitative estimate of drug-likeness (QED) is 0.616. The first-order valence-electron chi connectivity index (χ1n) is 8.72. The molecule has 0 amide bonds. The number of hydrogen-bond acceptors (Lipinski definition) is 6. The molecule has 1 aromatic heterocycles. The molecule has 4 N–H and O–H groups in total. The molecule has 0 bridgehead atoms. The molecule has 0 spiro atoms. The van der Waals surface area contributed by atoms with Crippen LogP contribution in [-0.2, 0) is 16.0 Å². The Hall–Kier alpha value is -2.79. The van der Waals surface area contributed by atoms with Crippen molar-refractivity contribution in [3.8, 4) is 16.8 Å². The van der Waals surface area contributed by atoms with Crippen LogP contribution in [0, 0.1) is 0 Å². The molecule has 0 unspecified atom stereocenters. The Morgan fingerprint density at radius 3 is 2.23 bits per heavy atom. The van der Waals surface area contributed by atoms with Crippen LogP contribution in [0.3, 0.4) is 0 Å². The minimum absolute atomic E-state index is 0.0642. The van der Waals surface area contributed by atoms with Crippen molar-refractivity contribution in [3.63, 3.8) is 0 Å². The minimum Gasteiger partial charge on any atom is -0.368 e. The summed E-state index contributed by atoms with van der Waals surface area (Å²) in [5.74, 6) is -0.396. The monoisotopic (exact) mass is 457 g/mol. The smallest absolute Gasteiger partial charge is 0.368 e. The lowest BCUT2D eigenvalue weighted by molar-refractivity contribution is -0.137. The highest BCUT2D eigenvalue weighted by Crippen LogP contribution is 2.43. The fourth-order valence-electron chi connectivity index (χ4n) is 3.14. The van der Waals surface area contributed by atoms with Crippen molar-refractivity contribution in [1.82, 2.24) is 14.8 Å². The number of hydrogen-bond donors (Lipinski definition) is 2. The van der Waals surface area contributed by atoms with Crippen molar-refractivity contribution in [2.75, 3.05) is 11.5 Å². The van der Waals surface area contributed by atoms with Crippen LogP contribution in [0.2, 0.25) is 5.02 Å². The number of sulfone groups is 1. The zero-order valence-electron chi connectivity index (χ0n) is 15.2. The molecule has 0 atom stereocenters. The van der Waals surface area contributed by atoms with Gasteiger partial charge in [0.05, 0.1) is 26.4 Å². The van der Waals surface area contributed by atoms with Gasteiger partial charge in [0.1, 0.15) is 0 Å². The van der Waals surface area contributed by atoms with E-state index in [2.05, 4.69) is 10.1 Å². The summed E-state index contributed by atoms with van der Waals surface area (Å²) in [5.41, 5.74) is 9.84. The second-order valence-electron chi connectivity index (χ2n) is 6.86. The average Bonchev–Trinajstić information content (AvgIpc) is 3.46. The van der Waals surface area contributed by atoms with Crippen molar-refractivity contribution in [1.29, 1.82) is 0 Å². The molecular weight excluding hydrogens is 443 g/mol. The molecule has 158 valence electrons. The fourth-order valence-corrected chi connectivity index (χ4v) is 5.12. The Balaban J connectivity index is 1.84. The van der Waals surface area contributed by atoms with E-state index in [-0.39, 0.29) is 38.6 Å². The predicted molar refractivity (Wildman–Crippen MR) is 106 cm³/mol. The van der Waals surface area contributed by atoms with E-state index in [4.69, 9.17) is 23.1 Å². The Kier molecular flexibility index (Phi) is 4.70. The van der Waals surface area contributed by atoms with Crippen molar-refractivity contribution < 1.29 is 21.6 Å². The maximum Gasteiger partial charge on any atom is 0.417 e. The van der Waals surface area contributed by atoms with Crippen LogP contribution in [0.25, 0.3) is 16.8 Å². The van der Waals surface area contributed by atoms with Crippen molar-refractivity contribution >= 4 is 33.3 Å². The van der Waals surface area contributed by atoms with Crippen molar-refractivity contribution in [2.24, 2.45) is 0 Å². The second kappa shape index (κ2) is 6.88. The molecule has 1 heterocycles. The van der Waals surface area contributed by atoms with E-state index in [1.165, 1.54) is 30.3 Å². The molecule has 3 aromatic rings. The summed E-state index contributed by atoms with van der Waals surface area (Å²) < 4.78 is 67.1. The first-order valence-corrected chi connectivity index (χ1v) is 10.6. The normalized spacial score (nSPS) is 14.8. The number of nitrogens with zero attached hydrogens (tertiary/aromatic N) is 3.